The van der Waals surface area contributed by atoms with E-state index in [1.807, 2.05) is 0 Å². The summed E-state index contributed by atoms with van der Waals surface area (Å²) in [4.78, 5) is 51.8. The van der Waals surface area contributed by atoms with Crippen LogP contribution in [0.4, 0.5) is 0 Å². The Kier molecular flexibility index (Phi) is 5.36. The van der Waals surface area contributed by atoms with Crippen LogP contribution in [0.25, 0.3) is 21.5 Å². The zero-order valence-electron chi connectivity index (χ0n) is 18.8. The molecule has 0 aliphatic carbocycles. The first kappa shape index (κ1) is 22.9. The summed E-state index contributed by atoms with van der Waals surface area (Å²) in [5, 5.41) is 38.3. The summed E-state index contributed by atoms with van der Waals surface area (Å²) in [5.41, 5.74) is -1.13. The number of fused-ring (bicyclic) bond motifs is 2. The van der Waals surface area contributed by atoms with Crippen molar-refractivity contribution in [3.63, 3.8) is 0 Å². The number of aromatic hydroxyl groups is 4. The molecule has 0 aliphatic heterocycles. The van der Waals surface area contributed by atoms with Gasteiger partial charge in [-0.2, -0.15) is 0 Å². The van der Waals surface area contributed by atoms with Gasteiger partial charge < -0.3 is 20.4 Å². The van der Waals surface area contributed by atoms with Crippen LogP contribution >= 0.6 is 0 Å². The predicted octanol–water partition coefficient (Wildman–Crippen LogP) is 1.22. The molecule has 182 valence electrons. The summed E-state index contributed by atoms with van der Waals surface area (Å²) < 4.78 is 2.04. The molecule has 10 nitrogen and oxygen atoms in total. The van der Waals surface area contributed by atoms with Crippen molar-refractivity contribution < 1.29 is 20.4 Å². The number of benzene rings is 3. The molecule has 2 heterocycles. The monoisotopic (exact) mass is 488 g/mol. The molecule has 4 N–H and O–H groups in total. The van der Waals surface area contributed by atoms with Crippen molar-refractivity contribution in [2.24, 2.45) is 0 Å². The van der Waals surface area contributed by atoms with Crippen LogP contribution in [0.3, 0.4) is 0 Å². The molecule has 0 aliphatic rings. The Morgan fingerprint density at radius 3 is 1.11 bits per heavy atom. The van der Waals surface area contributed by atoms with Gasteiger partial charge in [-0.1, -0.05) is 12.1 Å². The molecule has 3 aromatic carbocycles. The average Bonchev–Trinajstić information content (AvgIpc) is 3.23. The maximum absolute atomic E-state index is 13.0. The van der Waals surface area contributed by atoms with E-state index in [0.29, 0.717) is 11.1 Å². The van der Waals surface area contributed by atoms with Crippen molar-refractivity contribution in [1.29, 1.82) is 0 Å². The second kappa shape index (κ2) is 8.42. The number of nitrogens with zero attached hydrogens (tertiary/aromatic N) is 2. The van der Waals surface area contributed by atoms with Gasteiger partial charge in [0.15, 0.2) is 23.0 Å². The first-order valence-corrected chi connectivity index (χ1v) is 11.1. The molecule has 5 rings (SSSR count). The summed E-state index contributed by atoms with van der Waals surface area (Å²) in [5.74, 6) is -1.18. The second-order valence-corrected chi connectivity index (χ2v) is 8.61. The third-order valence-corrected chi connectivity index (χ3v) is 6.39. The lowest BCUT2D eigenvalue weighted by atomic mass is 10.1. The minimum atomic E-state index is -0.584. The smallest absolute Gasteiger partial charge is 0.261 e. The molecule has 0 saturated carbocycles. The number of rotatable bonds is 6. The highest BCUT2D eigenvalue weighted by Gasteiger charge is 2.19. The number of hydrogen-bond donors (Lipinski definition) is 4. The van der Waals surface area contributed by atoms with Gasteiger partial charge in [-0.25, -0.2) is 0 Å². The normalized spacial score (nSPS) is 11.6. The number of aryl methyl sites for hydroxylation is 2. The number of hydrogen-bond acceptors (Lipinski definition) is 8. The van der Waals surface area contributed by atoms with Gasteiger partial charge in [0, 0.05) is 13.1 Å². The molecule has 0 saturated heterocycles. The van der Waals surface area contributed by atoms with Gasteiger partial charge in [-0.15, -0.1) is 0 Å². The van der Waals surface area contributed by atoms with Crippen molar-refractivity contribution in [3.05, 3.63) is 101 Å². The van der Waals surface area contributed by atoms with Crippen LogP contribution in [0.5, 0.6) is 23.0 Å². The molecule has 0 unspecified atom stereocenters. The Hall–Kier alpha value is -4.86. The van der Waals surface area contributed by atoms with E-state index < -0.39 is 22.2 Å². The van der Waals surface area contributed by atoms with E-state index in [1.165, 1.54) is 36.4 Å². The molecule has 0 fully saturated rings. The standard InChI is InChI=1S/C26H20N2O8/c29-19-3-1-13(9-21(19)31)5-7-27-23(33)15-11-17-18(12-16(15)24(27)34)26(36)28(25(17)35)8-6-14-2-4-20(30)22(32)10-14/h1-4,9-12,29-32H,5-8H2. The summed E-state index contributed by atoms with van der Waals surface area (Å²) in [6, 6.07) is 11.0. The van der Waals surface area contributed by atoms with Crippen LogP contribution < -0.4 is 22.2 Å². The summed E-state index contributed by atoms with van der Waals surface area (Å²) in [6.07, 6.45) is 0.467. The summed E-state index contributed by atoms with van der Waals surface area (Å²) in [7, 11) is 0. The third kappa shape index (κ3) is 3.68. The second-order valence-electron chi connectivity index (χ2n) is 8.61. The Balaban J connectivity index is 1.49. The van der Waals surface area contributed by atoms with Crippen LogP contribution in [0, 0.1) is 0 Å². The van der Waals surface area contributed by atoms with Crippen LogP contribution in [0.15, 0.2) is 67.7 Å². The molecule has 36 heavy (non-hydrogen) atoms. The van der Waals surface area contributed by atoms with Gasteiger partial charge in [-0.3, -0.25) is 28.3 Å². The van der Waals surface area contributed by atoms with Crippen molar-refractivity contribution in [3.8, 4) is 23.0 Å². The maximum atomic E-state index is 13.0. The largest absolute Gasteiger partial charge is 0.504 e. The molecule has 5 aromatic rings. The van der Waals surface area contributed by atoms with Crippen LogP contribution in [-0.2, 0) is 25.9 Å². The number of phenolic OH excluding ortho intramolecular Hbond substituents is 4. The van der Waals surface area contributed by atoms with E-state index in [4.69, 9.17) is 0 Å². The van der Waals surface area contributed by atoms with E-state index >= 15 is 0 Å². The Bertz CT molecular complexity index is 1660. The first-order chi connectivity index (χ1) is 17.2. The molecule has 10 heteroatoms. The van der Waals surface area contributed by atoms with Crippen molar-refractivity contribution in [2.45, 2.75) is 25.9 Å². The molecule has 0 atom stereocenters. The summed E-state index contributed by atoms with van der Waals surface area (Å²) >= 11 is 0. The van der Waals surface area contributed by atoms with Crippen LogP contribution in [-0.4, -0.2) is 29.6 Å². The quantitative estimate of drug-likeness (QED) is 0.260. The van der Waals surface area contributed by atoms with Crippen molar-refractivity contribution >= 4 is 21.5 Å². The van der Waals surface area contributed by atoms with Crippen LogP contribution in [0.2, 0.25) is 0 Å². The van der Waals surface area contributed by atoms with E-state index in [2.05, 4.69) is 0 Å². The summed E-state index contributed by atoms with van der Waals surface area (Å²) in [6.45, 7) is 0.0173. The van der Waals surface area contributed by atoms with Gasteiger partial charge in [0.1, 0.15) is 0 Å². The zero-order chi connectivity index (χ0) is 25.7. The fourth-order valence-electron chi connectivity index (χ4n) is 4.41. The average molecular weight is 488 g/mol. The number of phenols is 4. The lowest BCUT2D eigenvalue weighted by molar-refractivity contribution is 0.403. The Labute approximate surface area is 201 Å². The fourth-order valence-corrected chi connectivity index (χ4v) is 4.41. The Morgan fingerprint density at radius 2 is 0.806 bits per heavy atom. The van der Waals surface area contributed by atoms with Crippen LogP contribution in [0.1, 0.15) is 11.1 Å². The minimum absolute atomic E-state index is 0.00865. The van der Waals surface area contributed by atoms with Crippen molar-refractivity contribution in [2.75, 3.05) is 0 Å². The van der Waals surface area contributed by atoms with E-state index in [-0.39, 0.29) is 70.5 Å². The molecule has 0 bridgehead atoms. The van der Waals surface area contributed by atoms with Gasteiger partial charge in [-0.05, 0) is 60.4 Å². The van der Waals surface area contributed by atoms with E-state index in [9.17, 15) is 39.6 Å². The third-order valence-electron chi connectivity index (χ3n) is 6.39. The lowest BCUT2D eigenvalue weighted by Crippen LogP contribution is -2.27. The van der Waals surface area contributed by atoms with E-state index in [1.54, 1.807) is 12.1 Å². The van der Waals surface area contributed by atoms with Gasteiger partial charge in [0.05, 0.1) is 21.5 Å². The molecule has 0 radical (unpaired) electrons. The van der Waals surface area contributed by atoms with Gasteiger partial charge in [0.25, 0.3) is 22.2 Å². The highest BCUT2D eigenvalue weighted by molar-refractivity contribution is 5.97. The van der Waals surface area contributed by atoms with E-state index in [0.717, 1.165) is 9.13 Å². The zero-order valence-corrected chi connectivity index (χ0v) is 18.8. The maximum Gasteiger partial charge on any atom is 0.261 e. The first-order valence-electron chi connectivity index (χ1n) is 11.1. The van der Waals surface area contributed by atoms with Gasteiger partial charge >= 0.3 is 0 Å². The highest BCUT2D eigenvalue weighted by Crippen LogP contribution is 2.26. The molecule has 2 aromatic heterocycles. The molecule has 0 spiro atoms. The lowest BCUT2D eigenvalue weighted by Gasteiger charge is -2.04. The number of aromatic nitrogens is 2. The van der Waals surface area contributed by atoms with Crippen molar-refractivity contribution in [1.82, 2.24) is 9.13 Å². The predicted molar refractivity (Wildman–Crippen MR) is 132 cm³/mol. The van der Waals surface area contributed by atoms with Gasteiger partial charge in [0.2, 0.25) is 0 Å². The minimum Gasteiger partial charge on any atom is -0.504 e. The Morgan fingerprint density at radius 1 is 0.472 bits per heavy atom. The topological polar surface area (TPSA) is 159 Å². The molecular formula is C26H20N2O8. The SMILES string of the molecule is O=c1c2cc3c(=O)n(CCc4ccc(O)c(O)c4)c(=O)c3cc2c(=O)n1CCc1ccc(O)c(O)c1. The molecular weight excluding hydrogens is 468 g/mol. The fraction of sp³-hybridized carbons (Fsp3) is 0.154. The molecule has 0 amide bonds. The highest BCUT2D eigenvalue weighted by atomic mass is 16.3.